The highest BCUT2D eigenvalue weighted by molar-refractivity contribution is 7.17. The Morgan fingerprint density at radius 2 is 2.19 bits per heavy atom. The summed E-state index contributed by atoms with van der Waals surface area (Å²) in [4.78, 5) is 27.4. The highest BCUT2D eigenvalue weighted by atomic mass is 32.1. The van der Waals surface area contributed by atoms with E-state index in [2.05, 4.69) is 39.2 Å². The molecule has 0 saturated heterocycles. The zero-order valence-electron chi connectivity index (χ0n) is 14.6. The van der Waals surface area contributed by atoms with Crippen LogP contribution >= 0.6 is 11.3 Å². The van der Waals surface area contributed by atoms with Gasteiger partial charge in [0, 0.05) is 12.5 Å². The lowest BCUT2D eigenvalue weighted by Gasteiger charge is -2.32. The van der Waals surface area contributed by atoms with Gasteiger partial charge in [-0.1, -0.05) is 41.7 Å². The van der Waals surface area contributed by atoms with Crippen LogP contribution in [-0.4, -0.2) is 32.3 Å². The first-order chi connectivity index (χ1) is 12.6. The Morgan fingerprint density at radius 1 is 1.38 bits per heavy atom. The van der Waals surface area contributed by atoms with Crippen LogP contribution in [0.5, 0.6) is 0 Å². The minimum atomic E-state index is 0.00154. The number of fused-ring (bicyclic) bond motifs is 1. The third-order valence-electron chi connectivity index (χ3n) is 4.85. The third-order valence-corrected chi connectivity index (χ3v) is 5.82. The van der Waals surface area contributed by atoms with Gasteiger partial charge in [0.25, 0.3) is 5.91 Å². The number of anilines is 1. The number of carbonyl (C=O) groups is 1. The zero-order valence-corrected chi connectivity index (χ0v) is 15.4. The summed E-state index contributed by atoms with van der Waals surface area (Å²) >= 11 is 1.26. The van der Waals surface area contributed by atoms with E-state index < -0.39 is 0 Å². The van der Waals surface area contributed by atoms with Crippen LogP contribution in [0.2, 0.25) is 0 Å². The predicted octanol–water partition coefficient (Wildman–Crippen LogP) is 3.13. The molecule has 0 saturated carbocycles. The van der Waals surface area contributed by atoms with Crippen molar-refractivity contribution in [1.82, 2.24) is 19.9 Å². The molecule has 2 aromatic heterocycles. The maximum Gasteiger partial charge on any atom is 0.266 e. The van der Waals surface area contributed by atoms with E-state index in [9.17, 15) is 4.79 Å². The van der Waals surface area contributed by atoms with E-state index in [0.29, 0.717) is 28.8 Å². The standard InChI is InChI=1S/C19H21N5OS/c1-12-17(26-19(20)23-12)18(25)24-9-14(16-15(10-24)21-11-22-16)8-7-13-5-3-2-4-6-13/h2-6,11,14H,7-10H2,1H3,(H2,20,23)(H,21,22). The molecule has 0 spiro atoms. The molecule has 1 amide bonds. The van der Waals surface area contributed by atoms with Crippen LogP contribution in [0, 0.1) is 6.92 Å². The number of nitrogen functional groups attached to an aromatic ring is 1. The Bertz CT molecular complexity index is 917. The summed E-state index contributed by atoms with van der Waals surface area (Å²) < 4.78 is 0. The van der Waals surface area contributed by atoms with Gasteiger partial charge in [-0.05, 0) is 25.3 Å². The quantitative estimate of drug-likeness (QED) is 0.741. The molecule has 3 N–H and O–H groups in total. The van der Waals surface area contributed by atoms with Crippen molar-refractivity contribution < 1.29 is 4.79 Å². The maximum absolute atomic E-state index is 13.0. The monoisotopic (exact) mass is 367 g/mol. The fourth-order valence-corrected chi connectivity index (χ4v) is 4.35. The number of imidazole rings is 1. The lowest BCUT2D eigenvalue weighted by Crippen LogP contribution is -2.38. The summed E-state index contributed by atoms with van der Waals surface area (Å²) in [5.41, 5.74) is 9.89. The Kier molecular flexibility index (Phi) is 4.46. The molecule has 7 heteroatoms. The van der Waals surface area contributed by atoms with Gasteiger partial charge in [-0.25, -0.2) is 9.97 Å². The summed E-state index contributed by atoms with van der Waals surface area (Å²) in [6.45, 7) is 3.05. The summed E-state index contributed by atoms with van der Waals surface area (Å²) in [5.74, 6) is 0.224. The van der Waals surface area contributed by atoms with Gasteiger partial charge < -0.3 is 15.6 Å². The topological polar surface area (TPSA) is 87.9 Å². The Labute approximate surface area is 156 Å². The number of nitrogens with one attached hydrogen (secondary N) is 1. The van der Waals surface area contributed by atoms with Crippen LogP contribution in [-0.2, 0) is 13.0 Å². The second-order valence-corrected chi connectivity index (χ2v) is 7.67. The van der Waals surface area contributed by atoms with Crippen LogP contribution in [0.4, 0.5) is 5.13 Å². The zero-order chi connectivity index (χ0) is 18.1. The molecule has 1 aliphatic rings. The molecular weight excluding hydrogens is 346 g/mol. The fraction of sp³-hybridized carbons (Fsp3) is 0.316. The van der Waals surface area contributed by atoms with Gasteiger partial charge in [0.15, 0.2) is 5.13 Å². The van der Waals surface area contributed by atoms with E-state index in [4.69, 9.17) is 5.73 Å². The van der Waals surface area contributed by atoms with Crippen molar-refractivity contribution >= 4 is 22.4 Å². The minimum Gasteiger partial charge on any atom is -0.375 e. The van der Waals surface area contributed by atoms with E-state index >= 15 is 0 Å². The van der Waals surface area contributed by atoms with E-state index in [-0.39, 0.29) is 11.8 Å². The average molecular weight is 367 g/mol. The first kappa shape index (κ1) is 16.8. The van der Waals surface area contributed by atoms with Crippen LogP contribution < -0.4 is 5.73 Å². The number of aromatic nitrogens is 3. The van der Waals surface area contributed by atoms with Gasteiger partial charge in [-0.2, -0.15) is 0 Å². The molecule has 134 valence electrons. The Morgan fingerprint density at radius 3 is 2.92 bits per heavy atom. The second-order valence-electron chi connectivity index (χ2n) is 6.64. The van der Waals surface area contributed by atoms with E-state index in [1.807, 2.05) is 17.9 Å². The van der Waals surface area contributed by atoms with Gasteiger partial charge in [0.05, 0.1) is 30.0 Å². The van der Waals surface area contributed by atoms with Crippen LogP contribution in [0.1, 0.15) is 44.7 Å². The lowest BCUT2D eigenvalue weighted by molar-refractivity contribution is 0.0715. The number of hydrogen-bond acceptors (Lipinski definition) is 5. The number of hydrogen-bond donors (Lipinski definition) is 2. The highest BCUT2D eigenvalue weighted by Crippen LogP contribution is 2.31. The van der Waals surface area contributed by atoms with E-state index in [1.165, 1.54) is 16.9 Å². The van der Waals surface area contributed by atoms with Crippen molar-refractivity contribution in [2.24, 2.45) is 0 Å². The summed E-state index contributed by atoms with van der Waals surface area (Å²) in [6, 6.07) is 10.4. The van der Waals surface area contributed by atoms with Gasteiger partial charge in [-0.3, -0.25) is 4.79 Å². The number of aryl methyl sites for hydroxylation is 2. The van der Waals surface area contributed by atoms with E-state index in [0.717, 1.165) is 24.2 Å². The number of benzene rings is 1. The van der Waals surface area contributed by atoms with Crippen molar-refractivity contribution in [2.45, 2.75) is 32.2 Å². The van der Waals surface area contributed by atoms with Crippen LogP contribution in [0.3, 0.4) is 0 Å². The summed E-state index contributed by atoms with van der Waals surface area (Å²) in [5, 5.41) is 0.436. The van der Waals surface area contributed by atoms with Gasteiger partial charge in [0.1, 0.15) is 4.88 Å². The normalized spacial score (nSPS) is 16.5. The smallest absolute Gasteiger partial charge is 0.266 e. The molecule has 0 fully saturated rings. The first-order valence-electron chi connectivity index (χ1n) is 8.70. The first-order valence-corrected chi connectivity index (χ1v) is 9.51. The summed E-state index contributed by atoms with van der Waals surface area (Å²) in [7, 11) is 0. The maximum atomic E-state index is 13.0. The molecule has 1 aliphatic heterocycles. The molecule has 6 nitrogen and oxygen atoms in total. The molecule has 1 unspecified atom stereocenters. The number of carbonyl (C=O) groups excluding carboxylic acids is 1. The molecule has 1 atom stereocenters. The number of thiazole rings is 1. The molecule has 0 radical (unpaired) electrons. The number of nitrogens with two attached hydrogens (primary N) is 1. The number of aromatic amines is 1. The predicted molar refractivity (Wildman–Crippen MR) is 102 cm³/mol. The summed E-state index contributed by atoms with van der Waals surface area (Å²) in [6.07, 6.45) is 3.64. The molecular formula is C19H21N5OS. The van der Waals surface area contributed by atoms with Crippen LogP contribution in [0.15, 0.2) is 36.7 Å². The van der Waals surface area contributed by atoms with Crippen molar-refractivity contribution in [2.75, 3.05) is 12.3 Å². The molecule has 3 heterocycles. The van der Waals surface area contributed by atoms with Crippen molar-refractivity contribution in [3.63, 3.8) is 0 Å². The molecule has 4 rings (SSSR count). The molecule has 0 aliphatic carbocycles. The number of H-pyrrole nitrogens is 1. The van der Waals surface area contributed by atoms with Gasteiger partial charge in [0.2, 0.25) is 0 Å². The molecule has 0 bridgehead atoms. The Balaban J connectivity index is 1.54. The lowest BCUT2D eigenvalue weighted by atomic mass is 9.92. The largest absolute Gasteiger partial charge is 0.375 e. The van der Waals surface area contributed by atoms with Crippen molar-refractivity contribution in [1.29, 1.82) is 0 Å². The van der Waals surface area contributed by atoms with E-state index in [1.54, 1.807) is 6.33 Å². The number of amides is 1. The number of rotatable bonds is 4. The minimum absolute atomic E-state index is 0.00154. The molecule has 1 aromatic carbocycles. The van der Waals surface area contributed by atoms with Gasteiger partial charge in [-0.15, -0.1) is 0 Å². The van der Waals surface area contributed by atoms with Gasteiger partial charge >= 0.3 is 0 Å². The average Bonchev–Trinajstić information content (AvgIpc) is 3.25. The Hall–Kier alpha value is -2.67. The SMILES string of the molecule is Cc1nc(N)sc1C(=O)N1Cc2[nH]cnc2C(CCc2ccccc2)C1. The fourth-order valence-electron chi connectivity index (χ4n) is 3.55. The van der Waals surface area contributed by atoms with Crippen molar-refractivity contribution in [3.8, 4) is 0 Å². The third kappa shape index (κ3) is 3.22. The van der Waals surface area contributed by atoms with Crippen molar-refractivity contribution in [3.05, 3.63) is 64.2 Å². The second kappa shape index (κ2) is 6.92. The molecule has 3 aromatic rings. The molecule has 26 heavy (non-hydrogen) atoms. The number of nitrogens with zero attached hydrogens (tertiary/aromatic N) is 3. The highest BCUT2D eigenvalue weighted by Gasteiger charge is 2.32. The van der Waals surface area contributed by atoms with Crippen LogP contribution in [0.25, 0.3) is 0 Å².